The summed E-state index contributed by atoms with van der Waals surface area (Å²) >= 11 is 1.13. The maximum Gasteiger partial charge on any atom is 0.338 e. The zero-order valence-electron chi connectivity index (χ0n) is 23.5. The zero-order chi connectivity index (χ0) is 30.1. The second kappa shape index (κ2) is 11.5. The molecule has 1 atom stereocenters. The number of fused-ring (bicyclic) bond motifs is 1. The fraction of sp³-hybridized carbons (Fsp3) is 0.233. The van der Waals surface area contributed by atoms with Crippen molar-refractivity contribution in [3.8, 4) is 22.8 Å². The van der Waals surface area contributed by atoms with E-state index in [4.69, 9.17) is 18.6 Å². The fourth-order valence-electron chi connectivity index (χ4n) is 4.84. The van der Waals surface area contributed by atoms with Gasteiger partial charge in [-0.1, -0.05) is 17.4 Å². The van der Waals surface area contributed by atoms with Gasteiger partial charge in [0, 0.05) is 23.8 Å². The molecule has 5 rings (SSSR count). The highest BCUT2D eigenvalue weighted by molar-refractivity contribution is 7.07. The summed E-state index contributed by atoms with van der Waals surface area (Å²) in [5.41, 5.74) is 1.77. The van der Waals surface area contributed by atoms with Gasteiger partial charge < -0.3 is 18.6 Å². The molecule has 0 saturated heterocycles. The predicted octanol–water partition coefficient (Wildman–Crippen LogP) is 4.29. The molecule has 1 aliphatic rings. The largest absolute Gasteiger partial charge is 0.497 e. The number of nitro groups is 1. The van der Waals surface area contributed by atoms with Gasteiger partial charge in [0.1, 0.15) is 29.1 Å². The number of allylic oxidation sites excluding steroid dienone is 1. The molecule has 0 fully saturated rings. The number of nitrogens with zero attached hydrogens (tertiary/aromatic N) is 3. The summed E-state index contributed by atoms with van der Waals surface area (Å²) in [5.74, 6) is 0.989. The third-order valence-corrected chi connectivity index (χ3v) is 7.75. The van der Waals surface area contributed by atoms with E-state index in [0.29, 0.717) is 49.2 Å². The Morgan fingerprint density at radius 3 is 2.62 bits per heavy atom. The minimum absolute atomic E-state index is 0.0781. The predicted molar refractivity (Wildman–Crippen MR) is 155 cm³/mol. The van der Waals surface area contributed by atoms with Crippen LogP contribution in [0.3, 0.4) is 0 Å². The lowest BCUT2D eigenvalue weighted by atomic mass is 9.95. The highest BCUT2D eigenvalue weighted by Crippen LogP contribution is 2.38. The molecule has 0 radical (unpaired) electrons. The Morgan fingerprint density at radius 1 is 1.14 bits per heavy atom. The molecule has 0 bridgehead atoms. The number of aryl methyl sites for hydroxylation is 1. The Kier molecular flexibility index (Phi) is 7.81. The number of methoxy groups -OCH3 is 2. The van der Waals surface area contributed by atoms with Crippen molar-refractivity contribution < 1.29 is 28.3 Å². The van der Waals surface area contributed by atoms with Crippen LogP contribution in [-0.4, -0.2) is 36.3 Å². The average Bonchev–Trinajstić information content (AvgIpc) is 3.55. The summed E-state index contributed by atoms with van der Waals surface area (Å²) in [6.45, 7) is 5.31. The standard InChI is InChI=1S/C30H27N3O8S/c1-6-40-29(35)26-17(3)31-30-32(27(26)21-11-8-18(38-4)14-24(21)39-5)28(34)25(42-30)15-19-9-12-23(41-19)20-10-7-16(2)13-22(20)33(36)37/h7-15,27H,6H2,1-5H3/b25-15-/t27-/m1/s1. The molecule has 0 saturated carbocycles. The van der Waals surface area contributed by atoms with E-state index in [1.54, 1.807) is 69.3 Å². The number of ether oxygens (including phenoxy) is 3. The molecule has 3 heterocycles. The molecule has 0 spiro atoms. The maximum atomic E-state index is 13.9. The van der Waals surface area contributed by atoms with Crippen molar-refractivity contribution in [1.29, 1.82) is 0 Å². The summed E-state index contributed by atoms with van der Waals surface area (Å²) in [5, 5.41) is 11.6. The van der Waals surface area contributed by atoms with E-state index in [-0.39, 0.29) is 17.9 Å². The van der Waals surface area contributed by atoms with E-state index in [9.17, 15) is 19.7 Å². The number of carbonyl (C=O) groups excluding carboxylic acids is 1. The van der Waals surface area contributed by atoms with Crippen LogP contribution in [0.4, 0.5) is 5.69 Å². The SMILES string of the molecule is CCOC(=O)C1=C(C)N=c2s/c(=C\c3ccc(-c4ccc(C)cc4[N+](=O)[O-])o3)c(=O)n2[C@@H]1c1ccc(OC)cc1OC. The van der Waals surface area contributed by atoms with E-state index >= 15 is 0 Å². The van der Waals surface area contributed by atoms with E-state index in [1.165, 1.54) is 24.9 Å². The lowest BCUT2D eigenvalue weighted by molar-refractivity contribution is -0.384. The van der Waals surface area contributed by atoms with Crippen LogP contribution in [0.15, 0.2) is 74.0 Å². The van der Waals surface area contributed by atoms with Crippen LogP contribution in [-0.2, 0) is 9.53 Å². The van der Waals surface area contributed by atoms with Gasteiger partial charge in [-0.2, -0.15) is 0 Å². The Hall–Kier alpha value is -4.97. The monoisotopic (exact) mass is 589 g/mol. The first kappa shape index (κ1) is 28.6. The number of furan rings is 1. The van der Waals surface area contributed by atoms with Crippen molar-refractivity contribution in [1.82, 2.24) is 4.57 Å². The summed E-state index contributed by atoms with van der Waals surface area (Å²) in [6.07, 6.45) is 1.55. The Bertz CT molecular complexity index is 1930. The third kappa shape index (κ3) is 5.12. The lowest BCUT2D eigenvalue weighted by Gasteiger charge is -2.26. The maximum absolute atomic E-state index is 13.9. The number of nitro benzene ring substituents is 1. The van der Waals surface area contributed by atoms with Crippen molar-refractivity contribution in [2.45, 2.75) is 26.8 Å². The van der Waals surface area contributed by atoms with Crippen LogP contribution < -0.4 is 24.4 Å². The van der Waals surface area contributed by atoms with Gasteiger partial charge in [0.2, 0.25) is 0 Å². The number of esters is 1. The second-order valence-electron chi connectivity index (χ2n) is 9.39. The lowest BCUT2D eigenvalue weighted by Crippen LogP contribution is -2.40. The van der Waals surface area contributed by atoms with Crippen LogP contribution in [0.5, 0.6) is 11.5 Å². The van der Waals surface area contributed by atoms with Crippen molar-refractivity contribution >= 4 is 29.1 Å². The van der Waals surface area contributed by atoms with E-state index < -0.39 is 22.5 Å². The van der Waals surface area contributed by atoms with Crippen molar-refractivity contribution in [2.75, 3.05) is 20.8 Å². The number of thiazole rings is 1. The van der Waals surface area contributed by atoms with E-state index in [2.05, 4.69) is 4.99 Å². The number of hydrogen-bond acceptors (Lipinski definition) is 10. The van der Waals surface area contributed by atoms with Gasteiger partial charge in [-0.05, 0) is 56.7 Å². The van der Waals surface area contributed by atoms with Gasteiger partial charge in [-0.15, -0.1) is 0 Å². The number of rotatable bonds is 8. The fourth-order valence-corrected chi connectivity index (χ4v) is 5.86. The molecule has 2 aromatic carbocycles. The first-order valence-electron chi connectivity index (χ1n) is 12.9. The molecule has 11 nitrogen and oxygen atoms in total. The number of aromatic nitrogens is 1. The second-order valence-corrected chi connectivity index (χ2v) is 10.4. The molecule has 4 aromatic rings. The van der Waals surface area contributed by atoms with Crippen molar-refractivity contribution in [3.63, 3.8) is 0 Å². The van der Waals surface area contributed by atoms with Crippen LogP contribution in [0.2, 0.25) is 0 Å². The van der Waals surface area contributed by atoms with Crippen molar-refractivity contribution in [2.24, 2.45) is 4.99 Å². The smallest absolute Gasteiger partial charge is 0.338 e. The minimum atomic E-state index is -0.884. The van der Waals surface area contributed by atoms with Crippen LogP contribution in [0.1, 0.15) is 36.8 Å². The quantitative estimate of drug-likeness (QED) is 0.169. The third-order valence-electron chi connectivity index (χ3n) is 6.77. The molecule has 1 aliphatic heterocycles. The van der Waals surface area contributed by atoms with Crippen molar-refractivity contribution in [3.05, 3.63) is 106 Å². The molecule has 0 unspecified atom stereocenters. The molecule has 0 N–H and O–H groups in total. The topological polar surface area (TPSA) is 135 Å². The summed E-state index contributed by atoms with van der Waals surface area (Å²) in [4.78, 5) is 43.2. The molecule has 0 amide bonds. The average molecular weight is 590 g/mol. The van der Waals surface area contributed by atoms with Gasteiger partial charge in [0.05, 0.1) is 47.1 Å². The van der Waals surface area contributed by atoms with Crippen LogP contribution in [0.25, 0.3) is 17.4 Å². The summed E-state index contributed by atoms with van der Waals surface area (Å²) in [7, 11) is 3.03. The first-order valence-corrected chi connectivity index (χ1v) is 13.7. The normalized spacial score (nSPS) is 14.8. The zero-order valence-corrected chi connectivity index (χ0v) is 24.3. The molecule has 216 valence electrons. The molecule has 0 aliphatic carbocycles. The molecular formula is C30H27N3O8S. The van der Waals surface area contributed by atoms with Gasteiger partial charge in [-0.3, -0.25) is 19.5 Å². The van der Waals surface area contributed by atoms with E-state index in [1.807, 2.05) is 0 Å². The van der Waals surface area contributed by atoms with Gasteiger partial charge >= 0.3 is 5.97 Å². The number of carbonyl (C=O) groups is 1. The van der Waals surface area contributed by atoms with Crippen LogP contribution in [0, 0.1) is 17.0 Å². The minimum Gasteiger partial charge on any atom is -0.497 e. The molecule has 12 heteroatoms. The van der Waals surface area contributed by atoms with E-state index in [0.717, 1.165) is 16.9 Å². The molecular weight excluding hydrogens is 562 g/mol. The Labute approximate surface area is 243 Å². The van der Waals surface area contributed by atoms with Crippen LogP contribution >= 0.6 is 11.3 Å². The highest BCUT2D eigenvalue weighted by Gasteiger charge is 2.35. The van der Waals surface area contributed by atoms with Gasteiger partial charge in [-0.25, -0.2) is 9.79 Å². The Morgan fingerprint density at radius 2 is 1.93 bits per heavy atom. The Balaban J connectivity index is 1.67. The summed E-state index contributed by atoms with van der Waals surface area (Å²) < 4.78 is 24.0. The first-order chi connectivity index (χ1) is 20.2. The summed E-state index contributed by atoms with van der Waals surface area (Å²) in [6, 6.07) is 12.4. The number of benzene rings is 2. The highest BCUT2D eigenvalue weighted by atomic mass is 32.1. The molecule has 42 heavy (non-hydrogen) atoms. The number of hydrogen-bond donors (Lipinski definition) is 0. The van der Waals surface area contributed by atoms with Gasteiger partial charge in [0.25, 0.3) is 11.2 Å². The van der Waals surface area contributed by atoms with Gasteiger partial charge in [0.15, 0.2) is 4.80 Å². The molecule has 2 aromatic heterocycles.